The van der Waals surface area contributed by atoms with Gasteiger partial charge < -0.3 is 14.9 Å². The fraction of sp³-hybridized carbons (Fsp3) is 0.412. The van der Waals surface area contributed by atoms with E-state index in [0.717, 1.165) is 25.7 Å². The number of aromatic carboxylic acids is 1. The third-order valence-corrected chi connectivity index (χ3v) is 4.40. The molecule has 0 saturated heterocycles. The number of hydrogen-bond acceptors (Lipinski definition) is 5. The summed E-state index contributed by atoms with van der Waals surface area (Å²) in [5.41, 5.74) is -0.0576. The molecule has 2 aromatic rings. The number of aryl methyl sites for hydroxylation is 1. The molecule has 1 aliphatic rings. The standard InChI is InChI=1S/C17H19N3O4/c1-2-13-18-16(20-24-13)17(9-3-4-10-17)19-14(21)11-5-7-12(8-6-11)15(22)23/h5-8H,2-4,9-10H2,1H3,(H,19,21)(H,22,23). The molecule has 3 rings (SSSR count). The average Bonchev–Trinajstić information content (AvgIpc) is 3.24. The highest BCUT2D eigenvalue weighted by molar-refractivity contribution is 5.96. The molecule has 126 valence electrons. The van der Waals surface area contributed by atoms with Crippen molar-refractivity contribution in [3.8, 4) is 0 Å². The van der Waals surface area contributed by atoms with Crippen molar-refractivity contribution >= 4 is 11.9 Å². The monoisotopic (exact) mass is 329 g/mol. The van der Waals surface area contributed by atoms with Gasteiger partial charge in [-0.2, -0.15) is 4.98 Å². The summed E-state index contributed by atoms with van der Waals surface area (Å²) in [4.78, 5) is 27.9. The number of amides is 1. The zero-order chi connectivity index (χ0) is 17.2. The van der Waals surface area contributed by atoms with Gasteiger partial charge in [0.15, 0.2) is 5.82 Å². The predicted molar refractivity (Wildman–Crippen MR) is 84.7 cm³/mol. The van der Waals surface area contributed by atoms with E-state index in [2.05, 4.69) is 15.5 Å². The number of aromatic nitrogens is 2. The van der Waals surface area contributed by atoms with Crippen LogP contribution in [0.3, 0.4) is 0 Å². The molecule has 1 fully saturated rings. The van der Waals surface area contributed by atoms with Gasteiger partial charge in [-0.1, -0.05) is 24.9 Å². The van der Waals surface area contributed by atoms with Gasteiger partial charge >= 0.3 is 5.97 Å². The summed E-state index contributed by atoms with van der Waals surface area (Å²) < 4.78 is 5.20. The highest BCUT2D eigenvalue weighted by Gasteiger charge is 2.41. The van der Waals surface area contributed by atoms with Gasteiger partial charge in [0.05, 0.1) is 5.56 Å². The molecule has 0 unspecified atom stereocenters. The van der Waals surface area contributed by atoms with Crippen LogP contribution in [0.4, 0.5) is 0 Å². The minimum atomic E-state index is -1.02. The van der Waals surface area contributed by atoms with Gasteiger partial charge in [0, 0.05) is 12.0 Å². The third kappa shape index (κ3) is 3.02. The Bertz CT molecular complexity index is 745. The molecule has 1 amide bonds. The number of carboxylic acids is 1. The SMILES string of the molecule is CCc1nc(C2(NC(=O)c3ccc(C(=O)O)cc3)CCCC2)no1. The van der Waals surface area contributed by atoms with Crippen LogP contribution >= 0.6 is 0 Å². The lowest BCUT2D eigenvalue weighted by Gasteiger charge is -2.26. The number of benzene rings is 1. The molecule has 2 N–H and O–H groups in total. The fourth-order valence-electron chi connectivity index (χ4n) is 3.03. The second-order valence-electron chi connectivity index (χ2n) is 5.99. The largest absolute Gasteiger partial charge is 0.478 e. The van der Waals surface area contributed by atoms with Crippen LogP contribution in [0, 0.1) is 0 Å². The van der Waals surface area contributed by atoms with Gasteiger partial charge in [-0.3, -0.25) is 4.79 Å². The maximum atomic E-state index is 12.6. The fourth-order valence-corrected chi connectivity index (χ4v) is 3.03. The van der Waals surface area contributed by atoms with E-state index < -0.39 is 11.5 Å². The van der Waals surface area contributed by atoms with Gasteiger partial charge in [0.1, 0.15) is 5.54 Å². The Morgan fingerprint density at radius 2 is 1.83 bits per heavy atom. The van der Waals surface area contributed by atoms with Crippen LogP contribution in [0.1, 0.15) is 65.0 Å². The molecule has 1 aromatic heterocycles. The third-order valence-electron chi connectivity index (χ3n) is 4.40. The zero-order valence-corrected chi connectivity index (χ0v) is 13.4. The number of nitrogens with one attached hydrogen (secondary N) is 1. The average molecular weight is 329 g/mol. The summed E-state index contributed by atoms with van der Waals surface area (Å²) in [6.07, 6.45) is 4.12. The van der Waals surface area contributed by atoms with Crippen LogP contribution in [-0.2, 0) is 12.0 Å². The number of rotatable bonds is 5. The highest BCUT2D eigenvalue weighted by Crippen LogP contribution is 2.37. The minimum absolute atomic E-state index is 0.146. The first-order valence-electron chi connectivity index (χ1n) is 8.03. The Hall–Kier alpha value is -2.70. The van der Waals surface area contributed by atoms with Gasteiger partial charge in [0.2, 0.25) is 5.89 Å². The summed E-state index contributed by atoms with van der Waals surface area (Å²) >= 11 is 0. The highest BCUT2D eigenvalue weighted by atomic mass is 16.5. The molecule has 1 saturated carbocycles. The summed E-state index contributed by atoms with van der Waals surface area (Å²) in [6, 6.07) is 5.86. The summed E-state index contributed by atoms with van der Waals surface area (Å²) in [5, 5.41) is 16.0. The van der Waals surface area contributed by atoms with Gasteiger partial charge in [0.25, 0.3) is 5.91 Å². The van der Waals surface area contributed by atoms with E-state index in [1.807, 2.05) is 6.92 Å². The van der Waals surface area contributed by atoms with Crippen molar-refractivity contribution < 1.29 is 19.2 Å². The molecule has 0 spiro atoms. The van der Waals surface area contributed by atoms with E-state index in [1.165, 1.54) is 24.3 Å². The molecule has 0 bridgehead atoms. The van der Waals surface area contributed by atoms with Crippen molar-refractivity contribution in [2.24, 2.45) is 0 Å². The first-order valence-corrected chi connectivity index (χ1v) is 8.03. The molecule has 0 atom stereocenters. The molecule has 1 aromatic carbocycles. The van der Waals surface area contributed by atoms with Crippen LogP contribution in [0.5, 0.6) is 0 Å². The van der Waals surface area contributed by atoms with Crippen molar-refractivity contribution in [3.05, 3.63) is 47.1 Å². The van der Waals surface area contributed by atoms with E-state index in [1.54, 1.807) is 0 Å². The first-order chi connectivity index (χ1) is 11.5. The van der Waals surface area contributed by atoms with Crippen LogP contribution in [0.25, 0.3) is 0 Å². The van der Waals surface area contributed by atoms with E-state index in [9.17, 15) is 9.59 Å². The van der Waals surface area contributed by atoms with Crippen molar-refractivity contribution in [1.82, 2.24) is 15.5 Å². The summed E-state index contributed by atoms with van der Waals surface area (Å²) in [7, 11) is 0. The van der Waals surface area contributed by atoms with Crippen molar-refractivity contribution in [1.29, 1.82) is 0 Å². The van der Waals surface area contributed by atoms with Gasteiger partial charge in [-0.25, -0.2) is 4.79 Å². The van der Waals surface area contributed by atoms with E-state index >= 15 is 0 Å². The maximum absolute atomic E-state index is 12.6. The number of nitrogens with zero attached hydrogens (tertiary/aromatic N) is 2. The van der Waals surface area contributed by atoms with Crippen LogP contribution in [0.2, 0.25) is 0 Å². The lowest BCUT2D eigenvalue weighted by molar-refractivity contribution is 0.0696. The number of carbonyl (C=O) groups is 2. The molecule has 24 heavy (non-hydrogen) atoms. The van der Waals surface area contributed by atoms with Crippen LogP contribution in [-0.4, -0.2) is 27.1 Å². The van der Waals surface area contributed by atoms with Gasteiger partial charge in [-0.15, -0.1) is 0 Å². The second-order valence-corrected chi connectivity index (χ2v) is 5.99. The Balaban J connectivity index is 1.82. The maximum Gasteiger partial charge on any atom is 0.335 e. The smallest absolute Gasteiger partial charge is 0.335 e. The number of carbonyl (C=O) groups excluding carboxylic acids is 1. The molecular weight excluding hydrogens is 310 g/mol. The lowest BCUT2D eigenvalue weighted by atomic mass is 9.95. The molecule has 1 aliphatic carbocycles. The molecule has 0 radical (unpaired) electrons. The Morgan fingerprint density at radius 3 is 2.38 bits per heavy atom. The lowest BCUT2D eigenvalue weighted by Crippen LogP contribution is -2.44. The zero-order valence-electron chi connectivity index (χ0n) is 13.4. The Kier molecular flexibility index (Phi) is 4.33. The number of carboxylic acid groups (broad SMARTS) is 1. The molecule has 0 aliphatic heterocycles. The molecule has 7 heteroatoms. The minimum Gasteiger partial charge on any atom is -0.478 e. The second kappa shape index (κ2) is 6.43. The van der Waals surface area contributed by atoms with Crippen molar-refractivity contribution in [2.45, 2.75) is 44.6 Å². The molecule has 7 nitrogen and oxygen atoms in total. The van der Waals surface area contributed by atoms with Crippen LogP contribution < -0.4 is 5.32 Å². The normalized spacial score (nSPS) is 16.0. The Morgan fingerprint density at radius 1 is 1.21 bits per heavy atom. The topological polar surface area (TPSA) is 105 Å². The quantitative estimate of drug-likeness (QED) is 0.873. The summed E-state index contributed by atoms with van der Waals surface area (Å²) in [5.74, 6) is -0.214. The number of hydrogen-bond donors (Lipinski definition) is 2. The molecule has 1 heterocycles. The van der Waals surface area contributed by atoms with Gasteiger partial charge in [-0.05, 0) is 37.1 Å². The van der Waals surface area contributed by atoms with Crippen molar-refractivity contribution in [3.63, 3.8) is 0 Å². The van der Waals surface area contributed by atoms with Crippen molar-refractivity contribution in [2.75, 3.05) is 0 Å². The van der Waals surface area contributed by atoms with E-state index in [0.29, 0.717) is 23.7 Å². The van der Waals surface area contributed by atoms with E-state index in [-0.39, 0.29) is 11.5 Å². The van der Waals surface area contributed by atoms with Crippen LogP contribution in [0.15, 0.2) is 28.8 Å². The van der Waals surface area contributed by atoms with E-state index in [4.69, 9.17) is 9.63 Å². The molecular formula is C17H19N3O4. The first kappa shape index (κ1) is 16.2. The predicted octanol–water partition coefficient (Wildman–Crippen LogP) is 2.53. The summed E-state index contributed by atoms with van der Waals surface area (Å²) in [6.45, 7) is 1.93. The Labute approximate surface area is 139 Å².